The van der Waals surface area contributed by atoms with Gasteiger partial charge in [0, 0.05) is 10.3 Å². The van der Waals surface area contributed by atoms with Crippen molar-refractivity contribution < 1.29 is 14.3 Å². The highest BCUT2D eigenvalue weighted by atomic mass is 32.1. The van der Waals surface area contributed by atoms with Crippen LogP contribution in [0, 0.1) is 0 Å². The van der Waals surface area contributed by atoms with Crippen molar-refractivity contribution in [2.24, 2.45) is 5.10 Å². The molecule has 1 aromatic heterocycles. The third-order valence-corrected chi connectivity index (χ3v) is 4.46. The van der Waals surface area contributed by atoms with Crippen LogP contribution >= 0.6 is 11.3 Å². The second-order valence-corrected chi connectivity index (χ2v) is 6.15. The highest BCUT2D eigenvalue weighted by molar-refractivity contribution is 7.10. The Bertz CT molecular complexity index is 722. The Morgan fingerprint density at radius 3 is 2.91 bits per heavy atom. The summed E-state index contributed by atoms with van der Waals surface area (Å²) in [7, 11) is 0. The first-order valence-electron chi connectivity index (χ1n) is 6.95. The number of benzene rings is 1. The molecule has 0 unspecified atom stereocenters. The Labute approximate surface area is 132 Å². The molecule has 1 aliphatic heterocycles. The molecule has 0 fully saturated rings. The molecular weight excluding hydrogens is 300 g/mol. The predicted molar refractivity (Wildman–Crippen MR) is 86.0 cm³/mol. The Morgan fingerprint density at radius 1 is 1.32 bits per heavy atom. The highest BCUT2D eigenvalue weighted by Gasteiger charge is 2.13. The summed E-state index contributed by atoms with van der Waals surface area (Å²) in [6.07, 6.45) is 1.58. The van der Waals surface area contributed by atoms with E-state index in [9.17, 15) is 4.79 Å². The van der Waals surface area contributed by atoms with Gasteiger partial charge in [0.25, 0.3) is 5.91 Å². The van der Waals surface area contributed by atoms with Crippen LogP contribution in [0.1, 0.15) is 40.6 Å². The van der Waals surface area contributed by atoms with E-state index in [2.05, 4.69) is 24.4 Å². The van der Waals surface area contributed by atoms with Gasteiger partial charge in [-0.05, 0) is 35.7 Å². The van der Waals surface area contributed by atoms with Crippen molar-refractivity contribution in [3.63, 3.8) is 0 Å². The molecule has 1 aliphatic rings. The predicted octanol–water partition coefficient (Wildman–Crippen LogP) is 3.36. The lowest BCUT2D eigenvalue weighted by molar-refractivity contribution is 0.0955. The number of fused-ring (bicyclic) bond motifs is 1. The molecule has 0 saturated heterocycles. The van der Waals surface area contributed by atoms with Crippen molar-refractivity contribution in [3.05, 3.63) is 45.6 Å². The molecule has 114 valence electrons. The second kappa shape index (κ2) is 6.19. The van der Waals surface area contributed by atoms with E-state index < -0.39 is 0 Å². The largest absolute Gasteiger partial charge is 0.454 e. The van der Waals surface area contributed by atoms with Crippen molar-refractivity contribution in [2.75, 3.05) is 6.79 Å². The summed E-state index contributed by atoms with van der Waals surface area (Å²) in [4.78, 5) is 13.2. The van der Waals surface area contributed by atoms with Crippen molar-refractivity contribution >= 4 is 23.5 Å². The van der Waals surface area contributed by atoms with Crippen LogP contribution in [0.4, 0.5) is 0 Å². The number of nitrogens with one attached hydrogen (secondary N) is 1. The summed E-state index contributed by atoms with van der Waals surface area (Å²) in [5.41, 5.74) is 4.00. The molecular formula is C16H16N2O3S. The smallest absolute Gasteiger partial charge is 0.272 e. The zero-order chi connectivity index (χ0) is 15.5. The number of hydrogen-bond donors (Lipinski definition) is 1. The Balaban J connectivity index is 1.62. The van der Waals surface area contributed by atoms with Crippen LogP contribution in [0.15, 0.2) is 34.7 Å². The van der Waals surface area contributed by atoms with E-state index >= 15 is 0 Å². The van der Waals surface area contributed by atoms with E-state index in [1.54, 1.807) is 17.6 Å². The lowest BCUT2D eigenvalue weighted by Crippen LogP contribution is -2.16. The molecule has 2 aromatic rings. The summed E-state index contributed by atoms with van der Waals surface area (Å²) < 4.78 is 10.5. The van der Waals surface area contributed by atoms with Gasteiger partial charge in [0.1, 0.15) is 0 Å². The summed E-state index contributed by atoms with van der Waals surface area (Å²) >= 11 is 1.59. The van der Waals surface area contributed by atoms with E-state index in [1.165, 1.54) is 4.88 Å². The fourth-order valence-corrected chi connectivity index (χ4v) is 2.90. The number of carbonyl (C=O) groups excluding carboxylic acids is 1. The molecule has 0 aliphatic carbocycles. The Kier molecular flexibility index (Phi) is 4.11. The van der Waals surface area contributed by atoms with Gasteiger partial charge in [-0.25, -0.2) is 5.43 Å². The van der Waals surface area contributed by atoms with Crippen LogP contribution in [0.3, 0.4) is 0 Å². The summed E-state index contributed by atoms with van der Waals surface area (Å²) in [6.45, 7) is 4.44. The molecule has 0 atom stereocenters. The molecule has 1 aromatic carbocycles. The van der Waals surface area contributed by atoms with Gasteiger partial charge in [0.05, 0.1) is 11.8 Å². The van der Waals surface area contributed by atoms with Crippen LogP contribution in [0.25, 0.3) is 0 Å². The van der Waals surface area contributed by atoms with Crippen LogP contribution in [-0.4, -0.2) is 18.9 Å². The number of thiophene rings is 1. The average molecular weight is 316 g/mol. The molecule has 0 bridgehead atoms. The van der Waals surface area contributed by atoms with Crippen LogP contribution in [-0.2, 0) is 0 Å². The van der Waals surface area contributed by atoms with E-state index in [-0.39, 0.29) is 12.7 Å². The van der Waals surface area contributed by atoms with Crippen molar-refractivity contribution in [1.29, 1.82) is 0 Å². The van der Waals surface area contributed by atoms with Gasteiger partial charge in [-0.15, -0.1) is 11.3 Å². The molecule has 0 spiro atoms. The van der Waals surface area contributed by atoms with Gasteiger partial charge in [-0.2, -0.15) is 5.10 Å². The van der Waals surface area contributed by atoms with E-state index in [1.807, 2.05) is 29.6 Å². The first-order chi connectivity index (χ1) is 10.6. The third kappa shape index (κ3) is 3.12. The molecule has 5 nitrogen and oxygen atoms in total. The molecule has 0 radical (unpaired) electrons. The molecule has 22 heavy (non-hydrogen) atoms. The van der Waals surface area contributed by atoms with E-state index in [4.69, 9.17) is 9.47 Å². The Morgan fingerprint density at radius 2 is 2.14 bits per heavy atom. The van der Waals surface area contributed by atoms with Crippen LogP contribution < -0.4 is 14.9 Å². The first kappa shape index (κ1) is 14.6. The number of hydrogen-bond acceptors (Lipinski definition) is 5. The highest BCUT2D eigenvalue weighted by Crippen LogP contribution is 2.31. The molecule has 6 heteroatoms. The minimum absolute atomic E-state index is 0.208. The normalized spacial score (nSPS) is 13.0. The molecule has 2 heterocycles. The number of carbonyl (C=O) groups is 1. The zero-order valence-electron chi connectivity index (χ0n) is 12.3. The topological polar surface area (TPSA) is 59.9 Å². The van der Waals surface area contributed by atoms with E-state index in [0.717, 1.165) is 11.3 Å². The van der Waals surface area contributed by atoms with Gasteiger partial charge >= 0.3 is 0 Å². The quantitative estimate of drug-likeness (QED) is 0.695. The maximum Gasteiger partial charge on any atom is 0.272 e. The monoisotopic (exact) mass is 316 g/mol. The number of rotatable bonds is 4. The molecule has 3 rings (SSSR count). The van der Waals surface area contributed by atoms with Gasteiger partial charge in [0.15, 0.2) is 11.5 Å². The SMILES string of the molecule is CC(C)c1cc(C(=O)NN=Cc2ccc3c(c2)OCO3)cs1. The number of nitrogens with zero attached hydrogens (tertiary/aromatic N) is 1. The maximum absolute atomic E-state index is 12.0. The third-order valence-electron chi connectivity index (χ3n) is 3.23. The van der Waals surface area contributed by atoms with Crippen molar-refractivity contribution in [3.8, 4) is 11.5 Å². The average Bonchev–Trinajstić information content (AvgIpc) is 3.16. The lowest BCUT2D eigenvalue weighted by Gasteiger charge is -1.99. The minimum atomic E-state index is -0.208. The van der Waals surface area contributed by atoms with Crippen LogP contribution in [0.5, 0.6) is 11.5 Å². The minimum Gasteiger partial charge on any atom is -0.454 e. The lowest BCUT2D eigenvalue weighted by atomic mass is 10.1. The van der Waals surface area contributed by atoms with E-state index in [0.29, 0.717) is 17.2 Å². The van der Waals surface area contributed by atoms with Crippen LogP contribution in [0.2, 0.25) is 0 Å². The van der Waals surface area contributed by atoms with Crippen molar-refractivity contribution in [2.45, 2.75) is 19.8 Å². The fourth-order valence-electron chi connectivity index (χ4n) is 2.00. The summed E-state index contributed by atoms with van der Waals surface area (Å²) in [5.74, 6) is 1.62. The molecule has 1 N–H and O–H groups in total. The molecule has 1 amide bonds. The standard InChI is InChI=1S/C16H16N2O3S/c1-10(2)15-6-12(8-22-15)16(19)18-17-7-11-3-4-13-14(5-11)21-9-20-13/h3-8,10H,9H2,1-2H3,(H,18,19). The maximum atomic E-state index is 12.0. The molecule has 0 saturated carbocycles. The Hall–Kier alpha value is -2.34. The van der Waals surface area contributed by atoms with Gasteiger partial charge < -0.3 is 9.47 Å². The summed E-state index contributed by atoms with van der Waals surface area (Å²) in [6, 6.07) is 7.39. The summed E-state index contributed by atoms with van der Waals surface area (Å²) in [5, 5.41) is 5.83. The first-order valence-corrected chi connectivity index (χ1v) is 7.83. The fraction of sp³-hybridized carbons (Fsp3) is 0.250. The second-order valence-electron chi connectivity index (χ2n) is 5.20. The zero-order valence-corrected chi connectivity index (χ0v) is 13.1. The number of ether oxygens (including phenoxy) is 2. The van der Waals surface area contributed by atoms with Gasteiger partial charge in [-0.3, -0.25) is 4.79 Å². The van der Waals surface area contributed by atoms with Gasteiger partial charge in [0.2, 0.25) is 6.79 Å². The van der Waals surface area contributed by atoms with Crippen molar-refractivity contribution in [1.82, 2.24) is 5.43 Å². The number of hydrazone groups is 1. The van der Waals surface area contributed by atoms with Gasteiger partial charge in [-0.1, -0.05) is 13.8 Å². The number of amides is 1.